The third-order valence-electron chi connectivity index (χ3n) is 2.33. The molecule has 1 aromatic rings. The van der Waals surface area contributed by atoms with Crippen molar-refractivity contribution in [1.82, 2.24) is 15.5 Å². The molecular formula is C13H20N4O2. The first-order valence-electron chi connectivity index (χ1n) is 6.10. The maximum absolute atomic E-state index is 11.5. The van der Waals surface area contributed by atoms with E-state index in [2.05, 4.69) is 16.0 Å². The molecule has 0 atom stereocenters. The molecule has 3 N–H and O–H groups in total. The molecule has 19 heavy (non-hydrogen) atoms. The fourth-order valence-electron chi connectivity index (χ4n) is 1.34. The Kier molecular flexibility index (Phi) is 6.38. The van der Waals surface area contributed by atoms with Crippen molar-refractivity contribution in [2.45, 2.75) is 0 Å². The predicted molar refractivity (Wildman–Crippen MR) is 75.0 cm³/mol. The maximum atomic E-state index is 11.5. The number of para-hydroxylation sites is 1. The molecule has 6 heteroatoms. The van der Waals surface area contributed by atoms with Crippen molar-refractivity contribution in [1.29, 1.82) is 0 Å². The topological polar surface area (TPSA) is 73.5 Å². The predicted octanol–water partition coefficient (Wildman–Crippen LogP) is 0.486. The Labute approximate surface area is 113 Å². The number of nitrogens with zero attached hydrogens (tertiary/aromatic N) is 1. The van der Waals surface area contributed by atoms with Crippen LogP contribution in [0.4, 0.5) is 10.5 Å². The van der Waals surface area contributed by atoms with E-state index in [0.717, 1.165) is 5.69 Å². The van der Waals surface area contributed by atoms with E-state index < -0.39 is 0 Å². The van der Waals surface area contributed by atoms with Gasteiger partial charge in [-0.1, -0.05) is 18.2 Å². The van der Waals surface area contributed by atoms with Gasteiger partial charge in [-0.15, -0.1) is 0 Å². The number of hydrogen-bond acceptors (Lipinski definition) is 3. The lowest BCUT2D eigenvalue weighted by Gasteiger charge is -2.12. The number of benzene rings is 1. The second-order valence-electron chi connectivity index (χ2n) is 4.22. The smallest absolute Gasteiger partial charge is 0.316 e. The van der Waals surface area contributed by atoms with Crippen LogP contribution in [0.2, 0.25) is 0 Å². The standard InChI is InChI=1S/C13H20N4O2/c1-17(2)13(19)15-9-8-14-10-12(18)16-11-6-4-3-5-7-11/h3-7,14H,8-10H2,1-2H3,(H,15,19)(H,16,18). The molecule has 0 aliphatic carbocycles. The van der Waals surface area contributed by atoms with E-state index in [1.54, 1.807) is 14.1 Å². The largest absolute Gasteiger partial charge is 0.337 e. The summed E-state index contributed by atoms with van der Waals surface area (Å²) in [5.74, 6) is -0.106. The molecule has 0 saturated carbocycles. The molecule has 0 unspecified atom stereocenters. The van der Waals surface area contributed by atoms with Gasteiger partial charge in [0.15, 0.2) is 0 Å². The molecule has 0 aromatic heterocycles. The van der Waals surface area contributed by atoms with E-state index in [1.807, 2.05) is 30.3 Å². The highest BCUT2D eigenvalue weighted by Crippen LogP contribution is 2.03. The van der Waals surface area contributed by atoms with Crippen molar-refractivity contribution < 1.29 is 9.59 Å². The average molecular weight is 264 g/mol. The van der Waals surface area contributed by atoms with Crippen molar-refractivity contribution in [2.75, 3.05) is 39.0 Å². The third-order valence-corrected chi connectivity index (χ3v) is 2.33. The summed E-state index contributed by atoms with van der Waals surface area (Å²) >= 11 is 0. The zero-order valence-corrected chi connectivity index (χ0v) is 11.3. The summed E-state index contributed by atoms with van der Waals surface area (Å²) in [7, 11) is 3.35. The molecule has 0 heterocycles. The number of rotatable bonds is 6. The fourth-order valence-corrected chi connectivity index (χ4v) is 1.34. The number of nitrogens with one attached hydrogen (secondary N) is 3. The van der Waals surface area contributed by atoms with Crippen LogP contribution in [0.1, 0.15) is 0 Å². The lowest BCUT2D eigenvalue weighted by atomic mass is 10.3. The minimum Gasteiger partial charge on any atom is -0.337 e. The molecule has 0 radical (unpaired) electrons. The first-order valence-corrected chi connectivity index (χ1v) is 6.10. The van der Waals surface area contributed by atoms with Crippen LogP contribution in [0.25, 0.3) is 0 Å². The molecule has 0 aliphatic rings. The van der Waals surface area contributed by atoms with Gasteiger partial charge in [0.2, 0.25) is 5.91 Å². The quantitative estimate of drug-likeness (QED) is 0.655. The molecule has 3 amide bonds. The Hall–Kier alpha value is -2.08. The number of anilines is 1. The Morgan fingerprint density at radius 1 is 1.11 bits per heavy atom. The van der Waals surface area contributed by atoms with E-state index in [4.69, 9.17) is 0 Å². The Bertz CT molecular complexity index is 406. The number of carbonyl (C=O) groups is 2. The summed E-state index contributed by atoms with van der Waals surface area (Å²) in [5.41, 5.74) is 0.773. The minimum absolute atomic E-state index is 0.106. The molecule has 104 valence electrons. The highest BCUT2D eigenvalue weighted by atomic mass is 16.2. The second kappa shape index (κ2) is 8.10. The van der Waals surface area contributed by atoms with Crippen LogP contribution >= 0.6 is 0 Å². The van der Waals surface area contributed by atoms with Gasteiger partial charge < -0.3 is 20.9 Å². The van der Waals surface area contributed by atoms with Crippen LogP contribution < -0.4 is 16.0 Å². The zero-order valence-electron chi connectivity index (χ0n) is 11.3. The van der Waals surface area contributed by atoms with Crippen molar-refractivity contribution in [3.63, 3.8) is 0 Å². The van der Waals surface area contributed by atoms with Crippen molar-refractivity contribution in [3.8, 4) is 0 Å². The van der Waals surface area contributed by atoms with Gasteiger partial charge in [0.1, 0.15) is 0 Å². The molecular weight excluding hydrogens is 244 g/mol. The molecule has 0 saturated heterocycles. The van der Waals surface area contributed by atoms with Crippen molar-refractivity contribution in [3.05, 3.63) is 30.3 Å². The van der Waals surface area contributed by atoms with Crippen LogP contribution in [0.3, 0.4) is 0 Å². The van der Waals surface area contributed by atoms with Gasteiger partial charge in [-0.05, 0) is 12.1 Å². The monoisotopic (exact) mass is 264 g/mol. The summed E-state index contributed by atoms with van der Waals surface area (Å²) in [4.78, 5) is 24.2. The van der Waals surface area contributed by atoms with Crippen LogP contribution in [0.5, 0.6) is 0 Å². The van der Waals surface area contributed by atoms with Crippen LogP contribution in [0, 0.1) is 0 Å². The summed E-state index contributed by atoms with van der Waals surface area (Å²) in [6.07, 6.45) is 0. The molecule has 1 aromatic carbocycles. The average Bonchev–Trinajstić information content (AvgIpc) is 2.39. The molecule has 0 spiro atoms. The van der Waals surface area contributed by atoms with Crippen LogP contribution in [-0.4, -0.2) is 50.6 Å². The van der Waals surface area contributed by atoms with Crippen LogP contribution in [-0.2, 0) is 4.79 Å². The summed E-state index contributed by atoms with van der Waals surface area (Å²) in [5, 5.41) is 8.42. The molecule has 1 rings (SSSR count). The van der Waals surface area contributed by atoms with Gasteiger partial charge in [-0.3, -0.25) is 4.79 Å². The summed E-state index contributed by atoms with van der Waals surface area (Å²) in [6, 6.07) is 9.13. The highest BCUT2D eigenvalue weighted by Gasteiger charge is 2.02. The maximum Gasteiger partial charge on any atom is 0.316 e. The van der Waals surface area contributed by atoms with Gasteiger partial charge in [0.05, 0.1) is 6.54 Å². The second-order valence-corrected chi connectivity index (χ2v) is 4.22. The number of hydrogen-bond donors (Lipinski definition) is 3. The molecule has 0 bridgehead atoms. The third kappa shape index (κ3) is 6.42. The van der Waals surface area contributed by atoms with Gasteiger partial charge in [0, 0.05) is 32.9 Å². The Morgan fingerprint density at radius 2 is 1.79 bits per heavy atom. The van der Waals surface area contributed by atoms with Gasteiger partial charge in [-0.25, -0.2) is 4.79 Å². The SMILES string of the molecule is CN(C)C(=O)NCCNCC(=O)Nc1ccccc1. The first kappa shape index (κ1) is 15.0. The normalized spacial score (nSPS) is 9.79. The lowest BCUT2D eigenvalue weighted by Crippen LogP contribution is -2.39. The van der Waals surface area contributed by atoms with Crippen LogP contribution in [0.15, 0.2) is 30.3 Å². The summed E-state index contributed by atoms with van der Waals surface area (Å²) in [6.45, 7) is 1.24. The number of carbonyl (C=O) groups excluding carboxylic acids is 2. The van der Waals surface area contributed by atoms with Gasteiger partial charge >= 0.3 is 6.03 Å². The van der Waals surface area contributed by atoms with Crippen molar-refractivity contribution >= 4 is 17.6 Å². The fraction of sp³-hybridized carbons (Fsp3) is 0.385. The number of urea groups is 1. The van der Waals surface area contributed by atoms with E-state index in [9.17, 15) is 9.59 Å². The highest BCUT2D eigenvalue weighted by molar-refractivity contribution is 5.92. The first-order chi connectivity index (χ1) is 9.09. The van der Waals surface area contributed by atoms with E-state index in [1.165, 1.54) is 4.90 Å². The van der Waals surface area contributed by atoms with E-state index in [0.29, 0.717) is 13.1 Å². The number of amides is 3. The zero-order chi connectivity index (χ0) is 14.1. The Morgan fingerprint density at radius 3 is 2.42 bits per heavy atom. The minimum atomic E-state index is -0.143. The van der Waals surface area contributed by atoms with E-state index >= 15 is 0 Å². The van der Waals surface area contributed by atoms with Crippen molar-refractivity contribution in [2.24, 2.45) is 0 Å². The molecule has 0 fully saturated rings. The van der Waals surface area contributed by atoms with Gasteiger partial charge in [-0.2, -0.15) is 0 Å². The summed E-state index contributed by atoms with van der Waals surface area (Å²) < 4.78 is 0. The molecule has 6 nitrogen and oxygen atoms in total. The lowest BCUT2D eigenvalue weighted by molar-refractivity contribution is -0.115. The van der Waals surface area contributed by atoms with Gasteiger partial charge in [0.25, 0.3) is 0 Å². The Balaban J connectivity index is 2.10. The molecule has 0 aliphatic heterocycles. The van der Waals surface area contributed by atoms with E-state index in [-0.39, 0.29) is 18.5 Å².